The molecule has 2 heterocycles. The number of nitrogens with zero attached hydrogens (tertiary/aromatic N) is 3. The Morgan fingerprint density at radius 2 is 2.00 bits per heavy atom. The molecule has 146 valence electrons. The van der Waals surface area contributed by atoms with Gasteiger partial charge in [-0.2, -0.15) is 9.78 Å². The van der Waals surface area contributed by atoms with Crippen LogP contribution in [0.4, 0.5) is 4.39 Å². The molecule has 0 fully saturated rings. The maximum absolute atomic E-state index is 13.3. The minimum Gasteiger partial charge on any atom is -0.455 e. The second kappa shape index (κ2) is 8.04. The molecule has 5 nitrogen and oxygen atoms in total. The fourth-order valence-electron chi connectivity index (χ4n) is 2.91. The molecule has 0 radical (unpaired) electrons. The second-order valence-electron chi connectivity index (χ2n) is 6.23. The molecule has 0 atom stereocenters. The first kappa shape index (κ1) is 19.7. The van der Waals surface area contributed by atoms with Crippen LogP contribution in [0.2, 0.25) is 0 Å². The predicted octanol–water partition coefficient (Wildman–Crippen LogP) is 5.77. The van der Waals surface area contributed by atoms with Crippen molar-refractivity contribution >= 4 is 49.0 Å². The first-order valence-electron chi connectivity index (χ1n) is 8.77. The van der Waals surface area contributed by atoms with Crippen LogP contribution in [0, 0.1) is 5.82 Å². The largest absolute Gasteiger partial charge is 0.455 e. The van der Waals surface area contributed by atoms with E-state index in [1.165, 1.54) is 23.0 Å². The highest BCUT2D eigenvalue weighted by atomic mass is 79.9. The molecule has 0 saturated carbocycles. The molecule has 0 bridgehead atoms. The molecule has 0 N–H and O–H groups in total. The van der Waals surface area contributed by atoms with E-state index in [1.807, 2.05) is 13.0 Å². The van der Waals surface area contributed by atoms with Gasteiger partial charge < -0.3 is 4.42 Å². The standard InChI is InChI=1S/C21H14Br2FN3O2/c1-2-20-26-18-7-3-12(22)9-16(18)21(28)27(20)25-11-14-5-8-19(29-14)15-6-4-13(24)10-17(15)23/h3-11H,2H2,1H3. The lowest BCUT2D eigenvalue weighted by Crippen LogP contribution is -2.22. The maximum Gasteiger partial charge on any atom is 0.282 e. The Labute approximate surface area is 182 Å². The lowest BCUT2D eigenvalue weighted by Gasteiger charge is -2.07. The second-order valence-corrected chi connectivity index (χ2v) is 8.00. The highest BCUT2D eigenvalue weighted by Gasteiger charge is 2.11. The summed E-state index contributed by atoms with van der Waals surface area (Å²) < 4.78 is 21.8. The molecule has 0 unspecified atom stereocenters. The molecule has 0 saturated heterocycles. The molecule has 8 heteroatoms. The summed E-state index contributed by atoms with van der Waals surface area (Å²) in [5.74, 6) is 1.23. The van der Waals surface area contributed by atoms with Gasteiger partial charge in [-0.1, -0.05) is 22.9 Å². The van der Waals surface area contributed by atoms with E-state index < -0.39 is 0 Å². The quantitative estimate of drug-likeness (QED) is 0.322. The Morgan fingerprint density at radius 3 is 2.76 bits per heavy atom. The smallest absolute Gasteiger partial charge is 0.282 e. The molecule has 2 aromatic carbocycles. The molecule has 2 aromatic heterocycles. The van der Waals surface area contributed by atoms with E-state index in [9.17, 15) is 9.18 Å². The fraction of sp³-hybridized carbons (Fsp3) is 0.0952. The number of hydrogen-bond acceptors (Lipinski definition) is 4. The van der Waals surface area contributed by atoms with Crippen LogP contribution < -0.4 is 5.56 Å². The van der Waals surface area contributed by atoms with Crippen molar-refractivity contribution in [2.75, 3.05) is 0 Å². The fourth-order valence-corrected chi connectivity index (χ4v) is 3.82. The average Bonchev–Trinajstić information content (AvgIpc) is 3.16. The third-order valence-electron chi connectivity index (χ3n) is 4.32. The monoisotopic (exact) mass is 517 g/mol. The molecular weight excluding hydrogens is 505 g/mol. The first-order chi connectivity index (χ1) is 14.0. The maximum atomic E-state index is 13.3. The van der Waals surface area contributed by atoms with Crippen LogP contribution in [0.1, 0.15) is 18.5 Å². The zero-order valence-corrected chi connectivity index (χ0v) is 18.4. The third-order valence-corrected chi connectivity index (χ3v) is 5.46. The minimum absolute atomic E-state index is 0.252. The first-order valence-corrected chi connectivity index (χ1v) is 10.4. The highest BCUT2D eigenvalue weighted by molar-refractivity contribution is 9.10. The predicted molar refractivity (Wildman–Crippen MR) is 118 cm³/mol. The van der Waals surface area contributed by atoms with Crippen molar-refractivity contribution in [3.63, 3.8) is 0 Å². The summed E-state index contributed by atoms with van der Waals surface area (Å²) in [6, 6.07) is 13.2. The SMILES string of the molecule is CCc1nc2ccc(Br)cc2c(=O)n1N=Cc1ccc(-c2ccc(F)cc2Br)o1. The molecule has 0 aliphatic rings. The van der Waals surface area contributed by atoms with Crippen LogP contribution in [-0.4, -0.2) is 15.9 Å². The Kier molecular flexibility index (Phi) is 5.47. The van der Waals surface area contributed by atoms with E-state index in [2.05, 4.69) is 41.9 Å². The van der Waals surface area contributed by atoms with Gasteiger partial charge in [0.05, 0.1) is 17.1 Å². The van der Waals surface area contributed by atoms with Gasteiger partial charge in [0.25, 0.3) is 5.56 Å². The number of aryl methyl sites for hydroxylation is 1. The van der Waals surface area contributed by atoms with Crippen molar-refractivity contribution in [1.29, 1.82) is 0 Å². The third kappa shape index (κ3) is 3.95. The van der Waals surface area contributed by atoms with Crippen LogP contribution >= 0.6 is 31.9 Å². The van der Waals surface area contributed by atoms with Crippen molar-refractivity contribution in [3.05, 3.63) is 85.2 Å². The number of furan rings is 1. The van der Waals surface area contributed by atoms with Crippen molar-refractivity contribution in [3.8, 4) is 11.3 Å². The lowest BCUT2D eigenvalue weighted by atomic mass is 10.2. The Bertz CT molecular complexity index is 1310. The molecule has 0 amide bonds. The summed E-state index contributed by atoms with van der Waals surface area (Å²) in [6.45, 7) is 1.91. The zero-order valence-electron chi connectivity index (χ0n) is 15.2. The summed E-state index contributed by atoms with van der Waals surface area (Å²) in [4.78, 5) is 17.4. The molecule has 4 rings (SSSR count). The van der Waals surface area contributed by atoms with E-state index in [1.54, 1.807) is 30.3 Å². The van der Waals surface area contributed by atoms with Crippen LogP contribution in [0.15, 0.2) is 71.8 Å². The van der Waals surface area contributed by atoms with Gasteiger partial charge in [0, 0.05) is 20.9 Å². The topological polar surface area (TPSA) is 60.4 Å². The van der Waals surface area contributed by atoms with Gasteiger partial charge in [0.15, 0.2) is 0 Å². The van der Waals surface area contributed by atoms with Gasteiger partial charge >= 0.3 is 0 Å². The summed E-state index contributed by atoms with van der Waals surface area (Å²) in [7, 11) is 0. The van der Waals surface area contributed by atoms with Crippen molar-refractivity contribution in [1.82, 2.24) is 9.66 Å². The van der Waals surface area contributed by atoms with Crippen molar-refractivity contribution in [2.45, 2.75) is 13.3 Å². The Hall–Kier alpha value is -2.58. The van der Waals surface area contributed by atoms with Gasteiger partial charge in [-0.25, -0.2) is 9.37 Å². The van der Waals surface area contributed by atoms with Crippen molar-refractivity contribution < 1.29 is 8.81 Å². The zero-order chi connectivity index (χ0) is 20.5. The molecule has 4 aromatic rings. The number of benzene rings is 2. The van der Waals surface area contributed by atoms with E-state index >= 15 is 0 Å². The van der Waals surface area contributed by atoms with Gasteiger partial charge in [0.2, 0.25) is 0 Å². The molecule has 0 spiro atoms. The van der Waals surface area contributed by atoms with E-state index in [0.717, 1.165) is 10.0 Å². The van der Waals surface area contributed by atoms with Crippen LogP contribution in [0.5, 0.6) is 0 Å². The van der Waals surface area contributed by atoms with Crippen molar-refractivity contribution in [2.24, 2.45) is 5.10 Å². The molecule has 29 heavy (non-hydrogen) atoms. The number of fused-ring (bicyclic) bond motifs is 1. The van der Waals surface area contributed by atoms with Gasteiger partial charge in [0.1, 0.15) is 23.2 Å². The normalized spacial score (nSPS) is 11.6. The van der Waals surface area contributed by atoms with Crippen LogP contribution in [-0.2, 0) is 6.42 Å². The number of hydrogen-bond donors (Lipinski definition) is 0. The molecule has 0 aliphatic heterocycles. The van der Waals surface area contributed by atoms with Crippen LogP contribution in [0.3, 0.4) is 0 Å². The number of rotatable bonds is 4. The van der Waals surface area contributed by atoms with Gasteiger partial charge in [-0.3, -0.25) is 4.79 Å². The highest BCUT2D eigenvalue weighted by Crippen LogP contribution is 2.30. The number of aromatic nitrogens is 2. The molecular formula is C21H14Br2FN3O2. The minimum atomic E-state index is -0.337. The van der Waals surface area contributed by atoms with Gasteiger partial charge in [-0.05, 0) is 64.5 Å². The van der Waals surface area contributed by atoms with E-state index in [0.29, 0.717) is 39.1 Å². The van der Waals surface area contributed by atoms with Gasteiger partial charge in [-0.15, -0.1) is 0 Å². The van der Waals surface area contributed by atoms with Crippen LogP contribution in [0.25, 0.3) is 22.2 Å². The average molecular weight is 519 g/mol. The summed E-state index contributed by atoms with van der Waals surface area (Å²) in [6.07, 6.45) is 2.01. The summed E-state index contributed by atoms with van der Waals surface area (Å²) in [5, 5.41) is 4.78. The van der Waals surface area contributed by atoms with E-state index in [-0.39, 0.29) is 11.4 Å². The lowest BCUT2D eigenvalue weighted by molar-refractivity contribution is 0.572. The van der Waals surface area contributed by atoms with E-state index in [4.69, 9.17) is 4.42 Å². The summed E-state index contributed by atoms with van der Waals surface area (Å²) in [5.41, 5.74) is 1.09. The number of halogens is 3. The molecule has 0 aliphatic carbocycles. The Balaban J connectivity index is 1.73. The Morgan fingerprint density at radius 1 is 1.17 bits per heavy atom. The summed E-state index contributed by atoms with van der Waals surface area (Å²) >= 11 is 6.72.